The molecule has 214 valence electrons. The number of amides is 1. The molecule has 0 aliphatic carbocycles. The molecule has 0 spiro atoms. The zero-order valence-corrected chi connectivity index (χ0v) is 29.1. The first-order chi connectivity index (χ1) is 18.8. The van der Waals surface area contributed by atoms with Crippen molar-refractivity contribution in [3.05, 3.63) is 103 Å². The molecule has 3 rings (SSSR count). The van der Waals surface area contributed by atoms with Crippen LogP contribution in [0.2, 0.25) is 45.3 Å². The summed E-state index contributed by atoms with van der Waals surface area (Å²) in [6, 6.07) is 32.1. The number of carbonyl (C=O) groups excluding carboxylic acids is 1. The second-order valence-electron chi connectivity index (χ2n) is 11.8. The van der Waals surface area contributed by atoms with Crippen molar-refractivity contribution in [1.29, 1.82) is 0 Å². The SMILES string of the molecule is CC(=CCCC[Si](O[Si](C)(C)c1ccccc1)(O[Si](C)(C)c1ccccc1)O[Si](C)(C)c1ccccc1)C(N)=O. The van der Waals surface area contributed by atoms with E-state index in [1.54, 1.807) is 6.92 Å². The van der Waals surface area contributed by atoms with Crippen LogP contribution in [0.3, 0.4) is 0 Å². The van der Waals surface area contributed by atoms with Gasteiger partial charge in [0.1, 0.15) is 0 Å². The minimum Gasteiger partial charge on any atom is -0.412 e. The summed E-state index contributed by atoms with van der Waals surface area (Å²) >= 11 is 0. The van der Waals surface area contributed by atoms with E-state index >= 15 is 0 Å². The molecule has 1 amide bonds. The Morgan fingerprint density at radius 3 is 1.27 bits per heavy atom. The summed E-state index contributed by atoms with van der Waals surface area (Å²) in [5, 5.41) is 3.63. The number of carbonyl (C=O) groups is 1. The third kappa shape index (κ3) is 8.81. The van der Waals surface area contributed by atoms with Gasteiger partial charge in [-0.2, -0.15) is 0 Å². The van der Waals surface area contributed by atoms with Gasteiger partial charge in [0.25, 0.3) is 0 Å². The van der Waals surface area contributed by atoms with Crippen molar-refractivity contribution in [3.63, 3.8) is 0 Å². The molecular formula is C31H45NO4Si4. The standard InChI is InChI=1S/C31H45NO4Si4/c1-27(31(32)33)19-17-18-26-40(34-37(2,3)28-20-11-8-12-21-28,35-38(4,5)29-22-13-9-14-23-29)36-39(6,7)30-24-15-10-16-25-30/h8-16,19-25H,17-18,26H2,1-7H3,(H2,32,33). The van der Waals surface area contributed by atoms with Crippen molar-refractivity contribution in [1.82, 2.24) is 0 Å². The maximum absolute atomic E-state index is 11.6. The minimum absolute atomic E-state index is 0.389. The molecule has 0 aliphatic heterocycles. The van der Waals surface area contributed by atoms with Gasteiger partial charge in [0, 0.05) is 11.6 Å². The maximum Gasteiger partial charge on any atom is 0.470 e. The average Bonchev–Trinajstić information content (AvgIpc) is 2.91. The fraction of sp³-hybridized carbons (Fsp3) is 0.323. The number of hydrogen-bond acceptors (Lipinski definition) is 4. The number of nitrogens with two attached hydrogens (primary N) is 1. The molecule has 5 nitrogen and oxygen atoms in total. The molecule has 3 aromatic carbocycles. The topological polar surface area (TPSA) is 70.8 Å². The minimum atomic E-state index is -3.31. The smallest absolute Gasteiger partial charge is 0.412 e. The molecule has 3 aromatic rings. The lowest BCUT2D eigenvalue weighted by Crippen LogP contribution is -2.67. The largest absolute Gasteiger partial charge is 0.470 e. The molecule has 0 saturated heterocycles. The predicted octanol–water partition coefficient (Wildman–Crippen LogP) is 5.52. The fourth-order valence-corrected chi connectivity index (χ4v) is 22.0. The predicted molar refractivity (Wildman–Crippen MR) is 177 cm³/mol. The van der Waals surface area contributed by atoms with E-state index in [1.165, 1.54) is 15.6 Å². The van der Waals surface area contributed by atoms with Crippen molar-refractivity contribution in [2.75, 3.05) is 0 Å². The van der Waals surface area contributed by atoms with Crippen molar-refractivity contribution in [3.8, 4) is 0 Å². The summed E-state index contributed by atoms with van der Waals surface area (Å²) in [5.41, 5.74) is 6.07. The van der Waals surface area contributed by atoms with Crippen LogP contribution in [0.4, 0.5) is 0 Å². The number of primary amides is 1. The first-order valence-electron chi connectivity index (χ1n) is 14.0. The Bertz CT molecular complexity index is 1140. The van der Waals surface area contributed by atoms with Gasteiger partial charge in [-0.15, -0.1) is 0 Å². The Morgan fingerprint density at radius 1 is 0.650 bits per heavy atom. The molecule has 0 atom stereocenters. The number of rotatable bonds is 14. The van der Waals surface area contributed by atoms with Crippen LogP contribution in [0.25, 0.3) is 0 Å². The van der Waals surface area contributed by atoms with Crippen LogP contribution < -0.4 is 21.3 Å². The Morgan fingerprint density at radius 2 is 0.975 bits per heavy atom. The van der Waals surface area contributed by atoms with Gasteiger partial charge in [-0.05, 0) is 74.6 Å². The van der Waals surface area contributed by atoms with Crippen LogP contribution >= 0.6 is 0 Å². The lowest BCUT2D eigenvalue weighted by molar-refractivity contribution is -0.114. The highest BCUT2D eigenvalue weighted by Crippen LogP contribution is 2.31. The third-order valence-electron chi connectivity index (χ3n) is 7.17. The highest BCUT2D eigenvalue weighted by Gasteiger charge is 2.53. The summed E-state index contributed by atoms with van der Waals surface area (Å²) < 4.78 is 22.1. The van der Waals surface area contributed by atoms with Crippen LogP contribution in [0.15, 0.2) is 103 Å². The van der Waals surface area contributed by atoms with Crippen LogP contribution in [-0.2, 0) is 17.1 Å². The molecule has 0 saturated carbocycles. The molecule has 0 bridgehead atoms. The highest BCUT2D eigenvalue weighted by molar-refractivity contribution is 6.98. The Balaban J connectivity index is 2.10. The summed E-state index contributed by atoms with van der Waals surface area (Å²) in [6.45, 7) is 15.2. The first kappa shape index (κ1) is 32.1. The average molecular weight is 608 g/mol. The van der Waals surface area contributed by atoms with E-state index in [-0.39, 0.29) is 5.91 Å². The lowest BCUT2D eigenvalue weighted by Gasteiger charge is -2.45. The van der Waals surface area contributed by atoms with Crippen molar-refractivity contribution < 1.29 is 17.1 Å². The molecule has 0 radical (unpaired) electrons. The first-order valence-corrected chi connectivity index (χ1v) is 24.7. The van der Waals surface area contributed by atoms with E-state index in [0.29, 0.717) is 18.0 Å². The van der Waals surface area contributed by atoms with Crippen molar-refractivity contribution in [2.24, 2.45) is 5.73 Å². The molecule has 9 heteroatoms. The summed E-state index contributed by atoms with van der Waals surface area (Å²) in [6.07, 6.45) is 3.39. The number of unbranched alkanes of at least 4 members (excludes halogenated alkanes) is 1. The van der Waals surface area contributed by atoms with Crippen LogP contribution in [0.5, 0.6) is 0 Å². The molecular weight excluding hydrogens is 563 g/mol. The normalized spacial score (nSPS) is 13.3. The molecule has 0 fully saturated rings. The Hall–Kier alpha value is -2.38. The third-order valence-corrected chi connectivity index (χ3v) is 23.2. The molecule has 0 aliphatic rings. The van der Waals surface area contributed by atoms with E-state index in [9.17, 15) is 4.79 Å². The van der Waals surface area contributed by atoms with E-state index < -0.39 is 33.8 Å². The van der Waals surface area contributed by atoms with E-state index in [2.05, 4.69) is 112 Å². The molecule has 40 heavy (non-hydrogen) atoms. The zero-order valence-electron chi connectivity index (χ0n) is 25.1. The number of allylic oxidation sites excluding steroid dienone is 1. The highest BCUT2D eigenvalue weighted by atomic mass is 28.5. The molecule has 0 aromatic heterocycles. The van der Waals surface area contributed by atoms with Crippen molar-refractivity contribution in [2.45, 2.75) is 65.1 Å². The van der Waals surface area contributed by atoms with Crippen LogP contribution in [0.1, 0.15) is 19.8 Å². The van der Waals surface area contributed by atoms with E-state index in [4.69, 9.17) is 18.1 Å². The summed E-state index contributed by atoms with van der Waals surface area (Å²) in [7, 11) is -10.7. The van der Waals surface area contributed by atoms with Gasteiger partial charge in [0.15, 0.2) is 0 Å². The van der Waals surface area contributed by atoms with Gasteiger partial charge in [0.2, 0.25) is 30.9 Å². The van der Waals surface area contributed by atoms with E-state index in [1.807, 2.05) is 24.3 Å². The Labute approximate surface area is 245 Å². The van der Waals surface area contributed by atoms with Gasteiger partial charge < -0.3 is 18.1 Å². The maximum atomic E-state index is 11.6. The van der Waals surface area contributed by atoms with Gasteiger partial charge in [-0.25, -0.2) is 0 Å². The second kappa shape index (κ2) is 13.5. The Kier molecular flexibility index (Phi) is 10.9. The van der Waals surface area contributed by atoms with Crippen molar-refractivity contribution >= 4 is 55.2 Å². The summed E-state index contributed by atoms with van der Waals surface area (Å²) in [4.78, 5) is 11.6. The fourth-order valence-electron chi connectivity index (χ4n) is 4.81. The molecule has 2 N–H and O–H groups in total. The van der Waals surface area contributed by atoms with E-state index in [0.717, 1.165) is 6.42 Å². The lowest BCUT2D eigenvalue weighted by atomic mass is 10.2. The second-order valence-corrected chi connectivity index (χ2v) is 26.9. The number of benzene rings is 3. The van der Waals surface area contributed by atoms with Gasteiger partial charge in [-0.3, -0.25) is 4.79 Å². The quantitative estimate of drug-likeness (QED) is 0.149. The molecule has 0 heterocycles. The van der Waals surface area contributed by atoms with Gasteiger partial charge in [-0.1, -0.05) is 97.1 Å². The van der Waals surface area contributed by atoms with Crippen LogP contribution in [-0.4, -0.2) is 39.7 Å². The monoisotopic (exact) mass is 607 g/mol. The zero-order chi connectivity index (χ0) is 29.4. The molecule has 0 unspecified atom stereocenters. The van der Waals surface area contributed by atoms with Gasteiger partial charge >= 0.3 is 8.80 Å². The number of hydrogen-bond donors (Lipinski definition) is 1. The van der Waals surface area contributed by atoms with Crippen LogP contribution in [0, 0.1) is 0 Å². The summed E-state index contributed by atoms with van der Waals surface area (Å²) in [5.74, 6) is -0.389. The van der Waals surface area contributed by atoms with Gasteiger partial charge in [0.05, 0.1) is 0 Å².